The first-order chi connectivity index (χ1) is 15.2. The van der Waals surface area contributed by atoms with Crippen molar-refractivity contribution in [1.29, 1.82) is 0 Å². The first-order valence-electron chi connectivity index (χ1n) is 10.6. The maximum absolute atomic E-state index is 12.2. The molecule has 1 fully saturated rings. The Morgan fingerprint density at radius 2 is 1.77 bits per heavy atom. The Balaban J connectivity index is 1.22. The highest BCUT2D eigenvalue weighted by molar-refractivity contribution is 5.83. The Morgan fingerprint density at radius 3 is 2.58 bits per heavy atom. The molecule has 0 bridgehead atoms. The lowest BCUT2D eigenvalue weighted by Crippen LogP contribution is -2.48. The van der Waals surface area contributed by atoms with Crippen LogP contribution in [0.15, 0.2) is 65.7 Å². The van der Waals surface area contributed by atoms with E-state index in [9.17, 15) is 4.79 Å². The lowest BCUT2D eigenvalue weighted by Gasteiger charge is -2.35. The van der Waals surface area contributed by atoms with Gasteiger partial charge in [-0.15, -0.1) is 5.10 Å². The number of hydrogen-bond donors (Lipinski definition) is 0. The molecule has 1 aromatic carbocycles. The van der Waals surface area contributed by atoms with Crippen LogP contribution in [0.25, 0.3) is 16.7 Å². The van der Waals surface area contributed by atoms with Gasteiger partial charge in [-0.3, -0.25) is 9.69 Å². The fraction of sp³-hybridized carbons (Fsp3) is 0.304. The van der Waals surface area contributed by atoms with Gasteiger partial charge in [0.1, 0.15) is 5.82 Å². The molecular weight excluding hydrogens is 390 g/mol. The zero-order valence-corrected chi connectivity index (χ0v) is 17.6. The van der Waals surface area contributed by atoms with Crippen molar-refractivity contribution in [3.8, 4) is 5.82 Å². The summed E-state index contributed by atoms with van der Waals surface area (Å²) < 4.78 is 3.19. The van der Waals surface area contributed by atoms with Gasteiger partial charge in [-0.1, -0.05) is 18.2 Å². The Hall–Kier alpha value is -3.52. The zero-order chi connectivity index (χ0) is 21.2. The molecule has 0 unspecified atom stereocenters. The molecule has 31 heavy (non-hydrogen) atoms. The summed E-state index contributed by atoms with van der Waals surface area (Å²) >= 11 is 0. The van der Waals surface area contributed by atoms with Crippen LogP contribution < -0.4 is 10.5 Å². The summed E-state index contributed by atoms with van der Waals surface area (Å²) in [5, 5.41) is 9.85. The van der Waals surface area contributed by atoms with Gasteiger partial charge >= 0.3 is 0 Å². The SMILES string of the molecule is Cc1cc(N2CCN(CCn3nc(-n4cccn4)ccc3=O)CC2)nc2ccccc12. The highest BCUT2D eigenvalue weighted by Crippen LogP contribution is 2.23. The summed E-state index contributed by atoms with van der Waals surface area (Å²) in [4.78, 5) is 21.8. The number of rotatable bonds is 5. The lowest BCUT2D eigenvalue weighted by atomic mass is 10.1. The lowest BCUT2D eigenvalue weighted by molar-refractivity contribution is 0.242. The highest BCUT2D eigenvalue weighted by Gasteiger charge is 2.19. The smallest absolute Gasteiger partial charge is 0.266 e. The summed E-state index contributed by atoms with van der Waals surface area (Å²) in [7, 11) is 0. The van der Waals surface area contributed by atoms with E-state index in [-0.39, 0.29) is 5.56 Å². The zero-order valence-electron chi connectivity index (χ0n) is 17.6. The number of pyridine rings is 1. The molecule has 4 heterocycles. The van der Waals surface area contributed by atoms with Gasteiger partial charge in [0.05, 0.1) is 12.1 Å². The van der Waals surface area contributed by atoms with E-state index in [0.29, 0.717) is 12.4 Å². The van der Waals surface area contributed by atoms with E-state index < -0.39 is 0 Å². The van der Waals surface area contributed by atoms with Gasteiger partial charge in [0.15, 0.2) is 5.82 Å². The molecule has 0 atom stereocenters. The Labute approximate surface area is 180 Å². The average Bonchev–Trinajstić information content (AvgIpc) is 3.34. The maximum Gasteiger partial charge on any atom is 0.266 e. The minimum absolute atomic E-state index is 0.0922. The Bertz CT molecular complexity index is 1240. The van der Waals surface area contributed by atoms with Crippen LogP contribution in [-0.4, -0.2) is 62.2 Å². The Kier molecular flexibility index (Phi) is 5.21. The van der Waals surface area contributed by atoms with Gasteiger partial charge in [-0.25, -0.2) is 14.3 Å². The van der Waals surface area contributed by atoms with Crippen molar-refractivity contribution >= 4 is 16.7 Å². The first kappa shape index (κ1) is 19.4. The van der Waals surface area contributed by atoms with Gasteiger partial charge in [0.2, 0.25) is 0 Å². The molecule has 0 amide bonds. The van der Waals surface area contributed by atoms with E-state index in [4.69, 9.17) is 4.98 Å². The number of nitrogens with zero attached hydrogens (tertiary/aromatic N) is 7. The monoisotopic (exact) mass is 415 g/mol. The number of hydrogen-bond acceptors (Lipinski definition) is 6. The molecule has 158 valence electrons. The van der Waals surface area contributed by atoms with Crippen molar-refractivity contribution in [3.05, 3.63) is 76.8 Å². The van der Waals surface area contributed by atoms with Crippen LogP contribution in [0.5, 0.6) is 0 Å². The second-order valence-corrected chi connectivity index (χ2v) is 7.85. The topological polar surface area (TPSA) is 72.1 Å². The van der Waals surface area contributed by atoms with E-state index in [2.05, 4.69) is 51.2 Å². The summed E-state index contributed by atoms with van der Waals surface area (Å²) in [6, 6.07) is 15.6. The van der Waals surface area contributed by atoms with Gasteiger partial charge in [-0.05, 0) is 36.8 Å². The molecule has 8 heteroatoms. The maximum atomic E-state index is 12.2. The van der Waals surface area contributed by atoms with E-state index in [1.807, 2.05) is 18.3 Å². The van der Waals surface area contributed by atoms with Gasteiger partial charge in [-0.2, -0.15) is 5.10 Å². The molecule has 0 aliphatic carbocycles. The molecule has 0 N–H and O–H groups in total. The standard InChI is InChI=1S/C23H25N7O/c1-18-17-22(25-20-6-3-2-5-19(18)20)28-14-11-27(12-15-28)13-16-30-23(31)8-7-21(26-30)29-10-4-9-24-29/h2-10,17H,11-16H2,1H3. The molecule has 5 rings (SSSR count). The van der Waals surface area contributed by atoms with Crippen molar-refractivity contribution in [3.63, 3.8) is 0 Å². The average molecular weight is 416 g/mol. The second kappa shape index (κ2) is 8.31. The molecular formula is C23H25N7O. The number of piperazine rings is 1. The number of para-hydroxylation sites is 1. The van der Waals surface area contributed by atoms with E-state index in [1.54, 1.807) is 23.0 Å². The minimum atomic E-state index is -0.0922. The number of aryl methyl sites for hydroxylation is 1. The quantitative estimate of drug-likeness (QED) is 0.497. The summed E-state index contributed by atoms with van der Waals surface area (Å²) in [6.45, 7) is 7.18. The molecule has 0 saturated carbocycles. The van der Waals surface area contributed by atoms with Crippen molar-refractivity contribution in [2.24, 2.45) is 0 Å². The molecule has 4 aromatic rings. The van der Waals surface area contributed by atoms with Crippen LogP contribution in [0.1, 0.15) is 5.56 Å². The van der Waals surface area contributed by atoms with Crippen molar-refractivity contribution in [2.45, 2.75) is 13.5 Å². The summed E-state index contributed by atoms with van der Waals surface area (Å²) in [5.74, 6) is 1.69. The van der Waals surface area contributed by atoms with Gasteiger partial charge in [0, 0.05) is 56.6 Å². The Morgan fingerprint density at radius 1 is 0.935 bits per heavy atom. The molecule has 1 aliphatic heterocycles. The third-order valence-electron chi connectivity index (χ3n) is 5.83. The second-order valence-electron chi connectivity index (χ2n) is 7.85. The molecule has 1 saturated heterocycles. The predicted octanol–water partition coefficient (Wildman–Crippen LogP) is 2.11. The highest BCUT2D eigenvalue weighted by atomic mass is 16.1. The van der Waals surface area contributed by atoms with Crippen molar-refractivity contribution in [2.75, 3.05) is 37.6 Å². The minimum Gasteiger partial charge on any atom is -0.354 e. The van der Waals surface area contributed by atoms with E-state index in [0.717, 1.165) is 44.1 Å². The summed E-state index contributed by atoms with van der Waals surface area (Å²) in [6.07, 6.45) is 3.52. The van der Waals surface area contributed by atoms with E-state index in [1.165, 1.54) is 15.6 Å². The van der Waals surface area contributed by atoms with Crippen LogP contribution in [0.3, 0.4) is 0 Å². The first-order valence-corrected chi connectivity index (χ1v) is 10.6. The van der Waals surface area contributed by atoms with Crippen molar-refractivity contribution < 1.29 is 0 Å². The third-order valence-corrected chi connectivity index (χ3v) is 5.83. The largest absolute Gasteiger partial charge is 0.354 e. The normalized spacial score (nSPS) is 14.9. The van der Waals surface area contributed by atoms with E-state index >= 15 is 0 Å². The molecule has 0 radical (unpaired) electrons. The molecule has 8 nitrogen and oxygen atoms in total. The van der Waals surface area contributed by atoms with Crippen molar-refractivity contribution in [1.82, 2.24) is 29.4 Å². The summed E-state index contributed by atoms with van der Waals surface area (Å²) in [5.41, 5.74) is 2.21. The third kappa shape index (κ3) is 4.06. The predicted molar refractivity (Wildman–Crippen MR) is 121 cm³/mol. The molecule has 0 spiro atoms. The number of aromatic nitrogens is 5. The number of fused-ring (bicyclic) bond motifs is 1. The van der Waals surface area contributed by atoms with Crippen LogP contribution in [0.2, 0.25) is 0 Å². The fourth-order valence-electron chi connectivity index (χ4n) is 4.06. The van der Waals surface area contributed by atoms with Gasteiger partial charge < -0.3 is 4.90 Å². The molecule has 1 aliphatic rings. The van der Waals surface area contributed by atoms with Gasteiger partial charge in [0.25, 0.3) is 5.56 Å². The van der Waals surface area contributed by atoms with Crippen LogP contribution in [-0.2, 0) is 6.54 Å². The fourth-order valence-corrected chi connectivity index (χ4v) is 4.06. The number of benzene rings is 1. The number of anilines is 1. The van der Waals surface area contributed by atoms with Crippen LogP contribution in [0, 0.1) is 6.92 Å². The van der Waals surface area contributed by atoms with Crippen LogP contribution in [0.4, 0.5) is 5.82 Å². The van der Waals surface area contributed by atoms with Crippen LogP contribution >= 0.6 is 0 Å². The molecule has 3 aromatic heterocycles.